The van der Waals surface area contributed by atoms with Gasteiger partial charge in [-0.1, -0.05) is 12.8 Å². The van der Waals surface area contributed by atoms with Crippen LogP contribution in [0.1, 0.15) is 128 Å². The van der Waals surface area contributed by atoms with Gasteiger partial charge in [0.15, 0.2) is 0 Å². The van der Waals surface area contributed by atoms with E-state index in [1.807, 2.05) is 0 Å². The van der Waals surface area contributed by atoms with E-state index in [1.165, 1.54) is 0 Å². The van der Waals surface area contributed by atoms with Crippen molar-refractivity contribution in [3.8, 4) is 5.75 Å². The Morgan fingerprint density at radius 2 is 1.04 bits per heavy atom. The average Bonchev–Trinajstić information content (AvgIpc) is 3.02. The summed E-state index contributed by atoms with van der Waals surface area (Å²) in [5, 5.41) is 10.00. The molecule has 1 fully saturated rings. The summed E-state index contributed by atoms with van der Waals surface area (Å²) in [7, 11) is 0. The van der Waals surface area contributed by atoms with Crippen molar-refractivity contribution in [3.63, 3.8) is 0 Å². The molecular weight excluding hydrogens is 734 g/mol. The lowest BCUT2D eigenvalue weighted by Crippen LogP contribution is -2.47. The Morgan fingerprint density at radius 3 is 1.47 bits per heavy atom. The molecule has 0 unspecified atom stereocenters. The fourth-order valence-corrected chi connectivity index (χ4v) is 5.38. The minimum absolute atomic E-state index is 0.00517. The molecule has 16 nitrogen and oxygen atoms in total. The first kappa shape index (κ1) is 48.5. The SMILES string of the molecule is CC(C)(C)OC(=O)NC(=NCCCCCCN1CCC(CCOc2ccc(N=C(NC(=O)OC(C)(C)C)NC(=O)OC(C)(C)C)cc2)CC1)NC(=O)OC(C)(C)C. The predicted molar refractivity (Wildman–Crippen MR) is 221 cm³/mol. The number of aliphatic imine (C=N–C) groups is 2. The average molecular weight is 804 g/mol. The van der Waals surface area contributed by atoms with Crippen molar-refractivity contribution in [1.29, 1.82) is 0 Å². The van der Waals surface area contributed by atoms with E-state index in [0.717, 1.165) is 64.6 Å². The Labute approximate surface area is 339 Å². The highest BCUT2D eigenvalue weighted by Gasteiger charge is 2.23. The van der Waals surface area contributed by atoms with Crippen LogP contribution in [0.3, 0.4) is 0 Å². The number of nitrogens with zero attached hydrogens (tertiary/aromatic N) is 3. The molecule has 1 aliphatic rings. The highest BCUT2D eigenvalue weighted by molar-refractivity contribution is 6.02. The number of piperidine rings is 1. The van der Waals surface area contributed by atoms with Gasteiger partial charge in [0.05, 0.1) is 12.3 Å². The molecule has 1 aromatic carbocycles. The maximum absolute atomic E-state index is 12.4. The van der Waals surface area contributed by atoms with Crippen LogP contribution in [0.2, 0.25) is 0 Å². The fraction of sp³-hybridized carbons (Fsp3) is 0.707. The molecule has 2 rings (SSSR count). The molecule has 1 aliphatic heterocycles. The van der Waals surface area contributed by atoms with Gasteiger partial charge in [0.2, 0.25) is 11.9 Å². The van der Waals surface area contributed by atoms with Gasteiger partial charge < -0.3 is 28.6 Å². The van der Waals surface area contributed by atoms with Crippen LogP contribution in [-0.4, -0.2) is 96.4 Å². The van der Waals surface area contributed by atoms with E-state index in [-0.39, 0.29) is 11.9 Å². The zero-order chi connectivity index (χ0) is 42.9. The lowest BCUT2D eigenvalue weighted by molar-refractivity contribution is 0.0521. The van der Waals surface area contributed by atoms with Gasteiger partial charge >= 0.3 is 24.4 Å². The van der Waals surface area contributed by atoms with Gasteiger partial charge in [-0.25, -0.2) is 24.2 Å². The topological polar surface area (TPSA) is 191 Å². The van der Waals surface area contributed by atoms with E-state index in [9.17, 15) is 19.2 Å². The summed E-state index contributed by atoms with van der Waals surface area (Å²) in [6, 6.07) is 7.07. The summed E-state index contributed by atoms with van der Waals surface area (Å²) in [5.74, 6) is 1.18. The molecular formula is C41H69N7O9. The van der Waals surface area contributed by atoms with Gasteiger partial charge in [0.1, 0.15) is 28.2 Å². The molecule has 0 saturated carbocycles. The Balaban J connectivity index is 1.74. The molecule has 1 saturated heterocycles. The molecule has 0 radical (unpaired) electrons. The summed E-state index contributed by atoms with van der Waals surface area (Å²) >= 11 is 0. The number of ether oxygens (including phenoxy) is 5. The number of amides is 4. The first-order valence-corrected chi connectivity index (χ1v) is 19.9. The van der Waals surface area contributed by atoms with Crippen molar-refractivity contribution in [1.82, 2.24) is 26.2 Å². The smallest absolute Gasteiger partial charge is 0.414 e. The molecule has 1 heterocycles. The van der Waals surface area contributed by atoms with E-state index in [4.69, 9.17) is 23.7 Å². The summed E-state index contributed by atoms with van der Waals surface area (Å²) < 4.78 is 27.2. The van der Waals surface area contributed by atoms with Gasteiger partial charge in [-0.15, -0.1) is 0 Å². The van der Waals surface area contributed by atoms with Crippen molar-refractivity contribution >= 4 is 42.0 Å². The zero-order valence-corrected chi connectivity index (χ0v) is 36.4. The number of hydrogen-bond acceptors (Lipinski definition) is 12. The number of carbonyl (C=O) groups excluding carboxylic acids is 4. The maximum atomic E-state index is 12.4. The second kappa shape index (κ2) is 22.4. The van der Waals surface area contributed by atoms with Crippen molar-refractivity contribution < 1.29 is 42.9 Å². The first-order valence-electron chi connectivity index (χ1n) is 19.9. The van der Waals surface area contributed by atoms with Crippen molar-refractivity contribution in [2.24, 2.45) is 15.9 Å². The number of carbonyl (C=O) groups is 4. The fourth-order valence-electron chi connectivity index (χ4n) is 5.38. The van der Waals surface area contributed by atoms with E-state index in [2.05, 4.69) is 36.2 Å². The van der Waals surface area contributed by atoms with Crippen LogP contribution < -0.4 is 26.0 Å². The Kier molecular flexibility index (Phi) is 19.1. The van der Waals surface area contributed by atoms with Crippen LogP contribution in [0, 0.1) is 5.92 Å². The number of unbranched alkanes of at least 4 members (excludes halogenated alkanes) is 3. The summed E-state index contributed by atoms with van der Waals surface area (Å²) in [4.78, 5) is 60.6. The van der Waals surface area contributed by atoms with Gasteiger partial charge in [-0.3, -0.25) is 26.3 Å². The molecule has 4 N–H and O–H groups in total. The van der Waals surface area contributed by atoms with Crippen LogP contribution in [0.5, 0.6) is 5.75 Å². The second-order valence-corrected chi connectivity index (χ2v) is 18.0. The van der Waals surface area contributed by atoms with Gasteiger partial charge in [0.25, 0.3) is 0 Å². The minimum Gasteiger partial charge on any atom is -0.494 e. The van der Waals surface area contributed by atoms with E-state index >= 15 is 0 Å². The number of likely N-dealkylation sites (tertiary alicyclic amines) is 1. The van der Waals surface area contributed by atoms with Gasteiger partial charge in [-0.05, 0) is 165 Å². The van der Waals surface area contributed by atoms with E-state index in [0.29, 0.717) is 30.5 Å². The Hall–Kier alpha value is -4.60. The van der Waals surface area contributed by atoms with Crippen LogP contribution in [0.15, 0.2) is 34.3 Å². The summed E-state index contributed by atoms with van der Waals surface area (Å²) in [6.07, 6.45) is 4.22. The van der Waals surface area contributed by atoms with Crippen LogP contribution >= 0.6 is 0 Å². The van der Waals surface area contributed by atoms with Gasteiger partial charge in [0, 0.05) is 6.54 Å². The molecule has 0 spiro atoms. The quantitative estimate of drug-likeness (QED) is 0.0694. The highest BCUT2D eigenvalue weighted by Crippen LogP contribution is 2.23. The lowest BCUT2D eigenvalue weighted by Gasteiger charge is -2.31. The minimum atomic E-state index is -0.764. The lowest BCUT2D eigenvalue weighted by atomic mass is 9.94. The predicted octanol–water partition coefficient (Wildman–Crippen LogP) is 8.17. The van der Waals surface area contributed by atoms with E-state index in [1.54, 1.807) is 107 Å². The zero-order valence-electron chi connectivity index (χ0n) is 36.4. The number of guanidine groups is 2. The molecule has 16 heteroatoms. The number of nitrogens with one attached hydrogen (secondary N) is 4. The molecule has 0 aliphatic carbocycles. The molecule has 0 aromatic heterocycles. The number of alkyl carbamates (subject to hydrolysis) is 4. The summed E-state index contributed by atoms with van der Waals surface area (Å²) in [5.41, 5.74) is -2.37. The number of benzene rings is 1. The highest BCUT2D eigenvalue weighted by atomic mass is 16.6. The van der Waals surface area contributed by atoms with Crippen molar-refractivity contribution in [2.45, 2.75) is 150 Å². The molecule has 322 valence electrons. The van der Waals surface area contributed by atoms with Crippen molar-refractivity contribution in [2.75, 3.05) is 32.8 Å². The van der Waals surface area contributed by atoms with Crippen LogP contribution in [0.4, 0.5) is 24.9 Å². The van der Waals surface area contributed by atoms with Crippen LogP contribution in [-0.2, 0) is 18.9 Å². The Morgan fingerprint density at radius 1 is 0.614 bits per heavy atom. The maximum Gasteiger partial charge on any atom is 0.414 e. The molecule has 57 heavy (non-hydrogen) atoms. The largest absolute Gasteiger partial charge is 0.494 e. The normalized spacial score (nSPS) is 14.0. The van der Waals surface area contributed by atoms with Crippen molar-refractivity contribution in [3.05, 3.63) is 24.3 Å². The summed E-state index contributed by atoms with van der Waals surface area (Å²) in [6.45, 7) is 25.2. The standard InChI is InChI=1S/C41H69N7O9/c1-38(2,3)54-34(49)44-32(45-35(50)55-39(4,5)6)42-24-15-13-14-16-25-48-26-21-29(22-27-48)23-28-53-31-19-17-30(18-20-31)43-33(46-36(51)56-40(7,8)9)47-37(52)57-41(10,11)12/h17-20,29H,13-16,21-28H2,1-12H3,(H2,42,44,45,49,50)(H2,43,46,47,51,52). The molecule has 4 amide bonds. The monoisotopic (exact) mass is 804 g/mol. The third-order valence-corrected chi connectivity index (χ3v) is 7.71. The van der Waals surface area contributed by atoms with Crippen LogP contribution in [0.25, 0.3) is 0 Å². The molecule has 0 atom stereocenters. The third-order valence-electron chi connectivity index (χ3n) is 7.71. The van der Waals surface area contributed by atoms with Gasteiger partial charge in [-0.2, -0.15) is 0 Å². The Bertz CT molecular complexity index is 1430. The molecule has 0 bridgehead atoms. The first-order chi connectivity index (χ1) is 26.3. The second-order valence-electron chi connectivity index (χ2n) is 18.0. The number of rotatable bonds is 12. The van der Waals surface area contributed by atoms with E-state index < -0.39 is 46.8 Å². The molecule has 1 aromatic rings. The number of hydrogen-bond donors (Lipinski definition) is 4. The third kappa shape index (κ3) is 24.6.